The van der Waals surface area contributed by atoms with Crippen LogP contribution in [0.5, 0.6) is 5.75 Å². The van der Waals surface area contributed by atoms with Crippen LogP contribution in [0.2, 0.25) is 5.02 Å². The maximum atomic E-state index is 13.3. The van der Waals surface area contributed by atoms with E-state index in [1.807, 2.05) is 13.8 Å². The molecule has 0 bridgehead atoms. The van der Waals surface area contributed by atoms with Crippen molar-refractivity contribution in [3.05, 3.63) is 64.3 Å². The summed E-state index contributed by atoms with van der Waals surface area (Å²) in [6.45, 7) is 6.38. The van der Waals surface area contributed by atoms with Crippen molar-refractivity contribution >= 4 is 40.1 Å². The minimum absolute atomic E-state index is 0.0915. The Morgan fingerprint density at radius 3 is 2.26 bits per heavy atom. The maximum absolute atomic E-state index is 13.3. The van der Waals surface area contributed by atoms with E-state index in [4.69, 9.17) is 16.3 Å². The van der Waals surface area contributed by atoms with E-state index in [0.29, 0.717) is 51.6 Å². The van der Waals surface area contributed by atoms with Crippen LogP contribution in [-0.2, 0) is 16.0 Å². The number of Topliss-reactive ketones (excluding diaryl/α,β-unsaturated/α-hetero) is 1. The highest BCUT2D eigenvalue weighted by Gasteiger charge is 2.25. The maximum Gasteiger partial charge on any atom is 0.290 e. The van der Waals surface area contributed by atoms with Crippen LogP contribution in [0, 0.1) is 6.92 Å². The van der Waals surface area contributed by atoms with Crippen molar-refractivity contribution in [2.75, 3.05) is 20.2 Å². The molecule has 0 unspecified atom stereocenters. The number of likely N-dealkylation sites (N-methyl/N-ethyl adjacent to an activating group) is 1. The van der Waals surface area contributed by atoms with Gasteiger partial charge in [-0.05, 0) is 68.8 Å². The molecule has 0 aliphatic heterocycles. The first-order valence-electron chi connectivity index (χ1n) is 10.1. The van der Waals surface area contributed by atoms with Gasteiger partial charge in [-0.25, -0.2) is 0 Å². The van der Waals surface area contributed by atoms with Gasteiger partial charge in [0.15, 0.2) is 0 Å². The third-order valence-electron chi connectivity index (χ3n) is 5.46. The number of hydrogen-bond donors (Lipinski definition) is 0. The molecule has 7 heteroatoms. The zero-order valence-corrected chi connectivity index (χ0v) is 18.8. The molecule has 0 atom stereocenters. The Balaban J connectivity index is 2.12. The van der Waals surface area contributed by atoms with E-state index in [1.165, 1.54) is 4.90 Å². The SMILES string of the molecule is CCN(CC)C(=O)C(=O)Cc1c(C)n(C(=O)c2ccc(Cl)cc2)c2ccc(OC)cc12. The summed E-state index contributed by atoms with van der Waals surface area (Å²) in [4.78, 5) is 40.1. The summed E-state index contributed by atoms with van der Waals surface area (Å²) in [5.74, 6) is -0.657. The molecule has 0 radical (unpaired) electrons. The topological polar surface area (TPSA) is 68.6 Å². The summed E-state index contributed by atoms with van der Waals surface area (Å²) in [5, 5.41) is 1.25. The fraction of sp³-hybridized carbons (Fsp3) is 0.292. The third-order valence-corrected chi connectivity index (χ3v) is 5.71. The molecule has 0 aliphatic carbocycles. The summed E-state index contributed by atoms with van der Waals surface area (Å²) in [6, 6.07) is 12.0. The van der Waals surface area contributed by atoms with E-state index >= 15 is 0 Å². The molecule has 6 nitrogen and oxygen atoms in total. The number of fused-ring (bicyclic) bond motifs is 1. The molecule has 1 heterocycles. The van der Waals surface area contributed by atoms with Gasteiger partial charge in [0, 0.05) is 41.2 Å². The fourth-order valence-electron chi connectivity index (χ4n) is 3.72. The normalized spacial score (nSPS) is 10.9. The number of hydrogen-bond acceptors (Lipinski definition) is 4. The van der Waals surface area contributed by atoms with Gasteiger partial charge in [0.25, 0.3) is 11.8 Å². The van der Waals surface area contributed by atoms with Crippen molar-refractivity contribution in [3.8, 4) is 5.75 Å². The van der Waals surface area contributed by atoms with Gasteiger partial charge in [0.1, 0.15) is 5.75 Å². The number of benzene rings is 2. The smallest absolute Gasteiger partial charge is 0.290 e. The fourth-order valence-corrected chi connectivity index (χ4v) is 3.85. The van der Waals surface area contributed by atoms with Crippen molar-refractivity contribution in [3.63, 3.8) is 0 Å². The van der Waals surface area contributed by atoms with Crippen LogP contribution in [0.25, 0.3) is 10.9 Å². The van der Waals surface area contributed by atoms with Gasteiger partial charge in [0.05, 0.1) is 12.6 Å². The number of ether oxygens (including phenoxy) is 1. The van der Waals surface area contributed by atoms with Crippen molar-refractivity contribution in [2.45, 2.75) is 27.2 Å². The van der Waals surface area contributed by atoms with E-state index in [2.05, 4.69) is 0 Å². The summed E-state index contributed by atoms with van der Waals surface area (Å²) < 4.78 is 6.91. The number of aromatic nitrogens is 1. The number of carbonyl (C=O) groups is 3. The number of halogens is 1. The van der Waals surface area contributed by atoms with Crippen molar-refractivity contribution in [1.82, 2.24) is 9.47 Å². The predicted octanol–water partition coefficient (Wildman–Crippen LogP) is 4.28. The van der Waals surface area contributed by atoms with Gasteiger partial charge in [-0.3, -0.25) is 19.0 Å². The molecule has 3 rings (SSSR count). The average molecular weight is 441 g/mol. The van der Waals surface area contributed by atoms with Gasteiger partial charge in [0.2, 0.25) is 5.78 Å². The quantitative estimate of drug-likeness (QED) is 0.514. The van der Waals surface area contributed by atoms with Gasteiger partial charge in [-0.1, -0.05) is 11.6 Å². The summed E-state index contributed by atoms with van der Waals surface area (Å²) >= 11 is 5.96. The van der Waals surface area contributed by atoms with E-state index in [0.717, 1.165) is 0 Å². The van der Waals surface area contributed by atoms with Crippen molar-refractivity contribution < 1.29 is 19.1 Å². The molecule has 3 aromatic rings. The van der Waals surface area contributed by atoms with Crippen LogP contribution in [0.4, 0.5) is 0 Å². The molecule has 1 aromatic heterocycles. The highest BCUT2D eigenvalue weighted by Crippen LogP contribution is 2.31. The van der Waals surface area contributed by atoms with Crippen molar-refractivity contribution in [2.24, 2.45) is 0 Å². The van der Waals surface area contributed by atoms with Crippen molar-refractivity contribution in [1.29, 1.82) is 0 Å². The van der Waals surface area contributed by atoms with E-state index in [1.54, 1.807) is 61.1 Å². The van der Waals surface area contributed by atoms with E-state index in [9.17, 15) is 14.4 Å². The number of ketones is 1. The third kappa shape index (κ3) is 4.35. The largest absolute Gasteiger partial charge is 0.497 e. The van der Waals surface area contributed by atoms with Gasteiger partial charge >= 0.3 is 0 Å². The number of rotatable bonds is 7. The Labute approximate surface area is 186 Å². The second-order valence-corrected chi connectivity index (χ2v) is 7.61. The van der Waals surface area contributed by atoms with Crippen LogP contribution >= 0.6 is 11.6 Å². The first-order chi connectivity index (χ1) is 14.8. The van der Waals surface area contributed by atoms with E-state index in [-0.39, 0.29) is 12.3 Å². The van der Waals surface area contributed by atoms with Crippen LogP contribution in [0.15, 0.2) is 42.5 Å². The number of carbonyl (C=O) groups excluding carboxylic acids is 3. The van der Waals surface area contributed by atoms with Gasteiger partial charge < -0.3 is 9.64 Å². The molecule has 0 N–H and O–H groups in total. The molecule has 0 saturated carbocycles. The standard InChI is InChI=1S/C24H25ClN2O4/c1-5-26(6-2)24(30)22(28)14-19-15(3)27(21-12-11-18(31-4)13-20(19)21)23(29)16-7-9-17(25)10-8-16/h7-13H,5-6,14H2,1-4H3. The Morgan fingerprint density at radius 1 is 1.03 bits per heavy atom. The molecule has 1 amide bonds. The second kappa shape index (κ2) is 9.35. The zero-order valence-electron chi connectivity index (χ0n) is 18.1. The Hall–Kier alpha value is -3.12. The monoisotopic (exact) mass is 440 g/mol. The highest BCUT2D eigenvalue weighted by molar-refractivity contribution is 6.36. The van der Waals surface area contributed by atoms with Crippen LogP contribution in [-0.4, -0.2) is 47.3 Å². The highest BCUT2D eigenvalue weighted by atomic mass is 35.5. The number of amides is 1. The number of methoxy groups -OCH3 is 1. The van der Waals surface area contributed by atoms with Gasteiger partial charge in [-0.2, -0.15) is 0 Å². The first kappa shape index (κ1) is 22.6. The average Bonchev–Trinajstić information content (AvgIpc) is 3.05. The summed E-state index contributed by atoms with van der Waals surface area (Å²) in [6.07, 6.45) is -0.0915. The second-order valence-electron chi connectivity index (χ2n) is 7.17. The van der Waals surface area contributed by atoms with E-state index < -0.39 is 11.7 Å². The Morgan fingerprint density at radius 2 is 1.68 bits per heavy atom. The molecule has 0 spiro atoms. The molecule has 2 aromatic carbocycles. The molecular formula is C24H25ClN2O4. The molecular weight excluding hydrogens is 416 g/mol. The molecule has 0 aliphatic rings. The zero-order chi connectivity index (χ0) is 22.7. The minimum Gasteiger partial charge on any atom is -0.497 e. The van der Waals surface area contributed by atoms with Crippen LogP contribution in [0.3, 0.4) is 0 Å². The van der Waals surface area contributed by atoms with Crippen LogP contribution < -0.4 is 4.74 Å². The predicted molar refractivity (Wildman–Crippen MR) is 121 cm³/mol. The number of nitrogens with zero attached hydrogens (tertiary/aromatic N) is 2. The summed E-state index contributed by atoms with van der Waals surface area (Å²) in [5.41, 5.74) is 2.37. The Bertz CT molecular complexity index is 1140. The lowest BCUT2D eigenvalue weighted by atomic mass is 10.0. The molecule has 31 heavy (non-hydrogen) atoms. The summed E-state index contributed by atoms with van der Waals surface area (Å²) in [7, 11) is 1.55. The molecule has 0 fully saturated rings. The molecule has 162 valence electrons. The van der Waals surface area contributed by atoms with Crippen LogP contribution in [0.1, 0.15) is 35.5 Å². The minimum atomic E-state index is -0.516. The Kier molecular flexibility index (Phi) is 6.81. The lowest BCUT2D eigenvalue weighted by Crippen LogP contribution is -2.37. The lowest BCUT2D eigenvalue weighted by Gasteiger charge is -2.17. The first-order valence-corrected chi connectivity index (χ1v) is 10.5. The molecule has 0 saturated heterocycles. The lowest BCUT2D eigenvalue weighted by molar-refractivity contribution is -0.144. The van der Waals surface area contributed by atoms with Gasteiger partial charge in [-0.15, -0.1) is 0 Å².